The van der Waals surface area contributed by atoms with Crippen LogP contribution in [0.2, 0.25) is 0 Å². The number of rotatable bonds is 2. The van der Waals surface area contributed by atoms with E-state index in [0.717, 1.165) is 23.3 Å². The zero-order chi connectivity index (χ0) is 16.5. The molecule has 0 amide bonds. The highest BCUT2D eigenvalue weighted by atomic mass is 32.1. The Morgan fingerprint density at radius 2 is 1.92 bits per heavy atom. The second kappa shape index (κ2) is 6.36. The maximum absolute atomic E-state index is 13.1. The summed E-state index contributed by atoms with van der Waals surface area (Å²) in [6, 6.07) is 15.4. The van der Waals surface area contributed by atoms with Crippen molar-refractivity contribution in [3.63, 3.8) is 0 Å². The van der Waals surface area contributed by atoms with Crippen LogP contribution in [0.15, 0.2) is 58.9 Å². The van der Waals surface area contributed by atoms with Crippen molar-refractivity contribution in [2.75, 3.05) is 0 Å². The fourth-order valence-electron chi connectivity index (χ4n) is 3.48. The van der Waals surface area contributed by atoms with Crippen molar-refractivity contribution < 1.29 is 4.39 Å². The normalized spacial score (nSPS) is 17.8. The molecule has 4 heteroatoms. The van der Waals surface area contributed by atoms with Crippen LogP contribution in [0.1, 0.15) is 35.7 Å². The van der Waals surface area contributed by atoms with E-state index in [-0.39, 0.29) is 5.82 Å². The van der Waals surface area contributed by atoms with E-state index in [1.807, 2.05) is 0 Å². The molecule has 2 nitrogen and oxygen atoms in total. The highest BCUT2D eigenvalue weighted by Gasteiger charge is 2.23. The van der Waals surface area contributed by atoms with Gasteiger partial charge in [-0.3, -0.25) is 0 Å². The van der Waals surface area contributed by atoms with Crippen molar-refractivity contribution in [3.8, 4) is 0 Å². The van der Waals surface area contributed by atoms with Crippen LogP contribution in [0.5, 0.6) is 0 Å². The number of fused-ring (bicyclic) bond motifs is 1. The van der Waals surface area contributed by atoms with Gasteiger partial charge in [0.25, 0.3) is 0 Å². The van der Waals surface area contributed by atoms with Crippen LogP contribution >= 0.6 is 11.3 Å². The second-order valence-corrected chi connectivity index (χ2v) is 7.06. The predicted molar refractivity (Wildman–Crippen MR) is 96.2 cm³/mol. The SMILES string of the molecule is Cc1csc(=Nc2ccc(F)cc2)n1C1CCCc2ccccc21. The van der Waals surface area contributed by atoms with Gasteiger partial charge in [-0.15, -0.1) is 11.3 Å². The standard InChI is InChI=1S/C20H19FN2S/c1-14-13-24-20(22-17-11-9-16(21)10-12-17)23(14)19-8-4-6-15-5-2-3-7-18(15)19/h2-3,5,7,9-13,19H,4,6,8H2,1H3. The minimum Gasteiger partial charge on any atom is -0.314 e. The molecule has 1 atom stereocenters. The van der Waals surface area contributed by atoms with Gasteiger partial charge in [-0.25, -0.2) is 9.38 Å². The highest BCUT2D eigenvalue weighted by molar-refractivity contribution is 7.07. The van der Waals surface area contributed by atoms with Gasteiger partial charge in [0.05, 0.1) is 11.7 Å². The van der Waals surface area contributed by atoms with Crippen LogP contribution in [0.25, 0.3) is 0 Å². The molecular weight excluding hydrogens is 319 g/mol. The third-order valence-electron chi connectivity index (χ3n) is 4.62. The molecule has 1 aliphatic rings. The molecular formula is C20H19FN2S. The van der Waals surface area contributed by atoms with Gasteiger partial charge >= 0.3 is 0 Å². The van der Waals surface area contributed by atoms with Crippen LogP contribution in [0, 0.1) is 12.7 Å². The van der Waals surface area contributed by atoms with Crippen LogP contribution in [0.3, 0.4) is 0 Å². The number of hydrogen-bond acceptors (Lipinski definition) is 2. The Morgan fingerprint density at radius 3 is 2.75 bits per heavy atom. The first-order valence-electron chi connectivity index (χ1n) is 8.27. The minimum atomic E-state index is -0.231. The van der Waals surface area contributed by atoms with Crippen LogP contribution < -0.4 is 4.80 Å². The largest absolute Gasteiger partial charge is 0.314 e. The van der Waals surface area contributed by atoms with Gasteiger partial charge in [0.2, 0.25) is 0 Å². The third kappa shape index (κ3) is 2.82. The Labute approximate surface area is 144 Å². The van der Waals surface area contributed by atoms with E-state index in [4.69, 9.17) is 4.99 Å². The van der Waals surface area contributed by atoms with Gasteiger partial charge in [-0.2, -0.15) is 0 Å². The summed E-state index contributed by atoms with van der Waals surface area (Å²) in [5.41, 5.74) is 4.86. The van der Waals surface area contributed by atoms with Crippen LogP contribution in [-0.2, 0) is 6.42 Å². The average Bonchev–Trinajstić information content (AvgIpc) is 2.97. The molecule has 3 aromatic rings. The molecule has 1 aliphatic carbocycles. The number of hydrogen-bond donors (Lipinski definition) is 0. The van der Waals surface area contributed by atoms with Crippen molar-refractivity contribution in [2.45, 2.75) is 32.2 Å². The molecule has 24 heavy (non-hydrogen) atoms. The third-order valence-corrected chi connectivity index (χ3v) is 5.58. The molecule has 1 aromatic heterocycles. The fourth-order valence-corrected chi connectivity index (χ4v) is 4.42. The molecule has 0 saturated carbocycles. The molecule has 2 aromatic carbocycles. The lowest BCUT2D eigenvalue weighted by Crippen LogP contribution is -2.26. The maximum Gasteiger partial charge on any atom is 0.190 e. The second-order valence-electron chi connectivity index (χ2n) is 6.22. The Hall–Kier alpha value is -2.20. The minimum absolute atomic E-state index is 0.231. The first-order chi connectivity index (χ1) is 11.7. The van der Waals surface area contributed by atoms with Gasteiger partial charge in [-0.1, -0.05) is 24.3 Å². The summed E-state index contributed by atoms with van der Waals surface area (Å²) in [5.74, 6) is -0.231. The lowest BCUT2D eigenvalue weighted by Gasteiger charge is -2.27. The number of thiazole rings is 1. The van der Waals surface area contributed by atoms with Crippen LogP contribution in [0.4, 0.5) is 10.1 Å². The van der Waals surface area contributed by atoms with Gasteiger partial charge in [0.15, 0.2) is 4.80 Å². The molecule has 0 bridgehead atoms. The molecule has 4 rings (SSSR count). The fraction of sp³-hybridized carbons (Fsp3) is 0.250. The summed E-state index contributed by atoms with van der Waals surface area (Å²) in [7, 11) is 0. The van der Waals surface area contributed by atoms with E-state index in [1.165, 1.54) is 35.4 Å². The highest BCUT2D eigenvalue weighted by Crippen LogP contribution is 2.33. The van der Waals surface area contributed by atoms with Crippen molar-refractivity contribution >= 4 is 17.0 Å². The van der Waals surface area contributed by atoms with Crippen molar-refractivity contribution in [1.82, 2.24) is 4.57 Å². The molecule has 0 fully saturated rings. The molecule has 0 N–H and O–H groups in total. The average molecular weight is 338 g/mol. The summed E-state index contributed by atoms with van der Waals surface area (Å²) in [6.45, 7) is 2.14. The van der Waals surface area contributed by atoms with Crippen molar-refractivity contribution in [3.05, 3.63) is 81.4 Å². The summed E-state index contributed by atoms with van der Waals surface area (Å²) >= 11 is 1.65. The number of halogens is 1. The van der Waals surface area contributed by atoms with E-state index < -0.39 is 0 Å². The number of nitrogens with zero attached hydrogens (tertiary/aromatic N) is 2. The molecule has 0 saturated heterocycles. The molecule has 1 heterocycles. The smallest absolute Gasteiger partial charge is 0.190 e. The van der Waals surface area contributed by atoms with Gasteiger partial charge < -0.3 is 4.57 Å². The first kappa shape index (κ1) is 15.3. The van der Waals surface area contributed by atoms with Crippen molar-refractivity contribution in [1.29, 1.82) is 0 Å². The number of benzene rings is 2. The van der Waals surface area contributed by atoms with Crippen LogP contribution in [-0.4, -0.2) is 4.57 Å². The Kier molecular flexibility index (Phi) is 4.07. The molecule has 1 unspecified atom stereocenters. The topological polar surface area (TPSA) is 17.3 Å². The Balaban J connectivity index is 1.83. The zero-order valence-electron chi connectivity index (χ0n) is 13.6. The molecule has 0 aliphatic heterocycles. The first-order valence-corrected chi connectivity index (χ1v) is 9.15. The van der Waals surface area contributed by atoms with Gasteiger partial charge in [0.1, 0.15) is 5.82 Å². The summed E-state index contributed by atoms with van der Waals surface area (Å²) < 4.78 is 15.5. The summed E-state index contributed by atoms with van der Waals surface area (Å²) in [4.78, 5) is 5.74. The molecule has 122 valence electrons. The quantitative estimate of drug-likeness (QED) is 0.614. The summed E-state index contributed by atoms with van der Waals surface area (Å²) in [6.07, 6.45) is 3.48. The molecule has 0 spiro atoms. The number of aromatic nitrogens is 1. The van der Waals surface area contributed by atoms with E-state index in [2.05, 4.69) is 41.1 Å². The van der Waals surface area contributed by atoms with E-state index >= 15 is 0 Å². The van der Waals surface area contributed by atoms with Gasteiger partial charge in [-0.05, 0) is 61.6 Å². The maximum atomic E-state index is 13.1. The van der Waals surface area contributed by atoms with Crippen molar-refractivity contribution in [2.24, 2.45) is 4.99 Å². The molecule has 0 radical (unpaired) electrons. The lowest BCUT2D eigenvalue weighted by molar-refractivity contribution is 0.474. The summed E-state index contributed by atoms with van der Waals surface area (Å²) in [5, 5.41) is 2.15. The lowest BCUT2D eigenvalue weighted by atomic mass is 9.87. The number of aryl methyl sites for hydroxylation is 2. The Morgan fingerprint density at radius 1 is 1.12 bits per heavy atom. The van der Waals surface area contributed by atoms with E-state index in [1.54, 1.807) is 23.5 Å². The zero-order valence-corrected chi connectivity index (χ0v) is 14.4. The monoisotopic (exact) mass is 338 g/mol. The van der Waals surface area contributed by atoms with E-state index in [0.29, 0.717) is 6.04 Å². The van der Waals surface area contributed by atoms with Gasteiger partial charge in [0, 0.05) is 11.1 Å². The Bertz CT molecular complexity index is 921. The van der Waals surface area contributed by atoms with E-state index in [9.17, 15) is 4.39 Å². The predicted octanol–water partition coefficient (Wildman–Crippen LogP) is 5.16.